The zero-order valence-corrected chi connectivity index (χ0v) is 20.7. The molecule has 0 saturated carbocycles. The SMILES string of the molecule is CCOc1cc(C=C2C(=O)c3ccccc3C2=O)cc(I)c1OCc1cccc2ccccc12. The number of hydrogen-bond donors (Lipinski definition) is 0. The molecular weight excluding hydrogens is 539 g/mol. The fraction of sp³-hybridized carbons (Fsp3) is 0.103. The van der Waals surface area contributed by atoms with Crippen LogP contribution in [0.15, 0.2) is 84.4 Å². The summed E-state index contributed by atoms with van der Waals surface area (Å²) in [5.74, 6) is 0.733. The van der Waals surface area contributed by atoms with Gasteiger partial charge in [-0.3, -0.25) is 9.59 Å². The summed E-state index contributed by atoms with van der Waals surface area (Å²) < 4.78 is 13.0. The van der Waals surface area contributed by atoms with E-state index in [0.29, 0.717) is 35.8 Å². The van der Waals surface area contributed by atoms with Crippen molar-refractivity contribution in [1.82, 2.24) is 0 Å². The molecule has 1 aliphatic carbocycles. The first-order valence-corrected chi connectivity index (χ1v) is 12.1. The lowest BCUT2D eigenvalue weighted by Crippen LogP contribution is -2.03. The highest BCUT2D eigenvalue weighted by atomic mass is 127. The number of rotatable bonds is 6. The minimum Gasteiger partial charge on any atom is -0.490 e. The second kappa shape index (κ2) is 9.43. The molecule has 0 amide bonds. The van der Waals surface area contributed by atoms with Crippen LogP contribution in [0.4, 0.5) is 0 Å². The molecule has 0 saturated heterocycles. The summed E-state index contributed by atoms with van der Waals surface area (Å²) >= 11 is 2.21. The van der Waals surface area contributed by atoms with Gasteiger partial charge in [-0.05, 0) is 69.6 Å². The first kappa shape index (κ1) is 22.3. The van der Waals surface area contributed by atoms with Crippen LogP contribution in [-0.2, 0) is 6.61 Å². The molecule has 0 heterocycles. The molecular formula is C29H21IO4. The zero-order chi connectivity index (χ0) is 23.7. The van der Waals surface area contributed by atoms with Crippen molar-refractivity contribution in [3.05, 3.63) is 110 Å². The highest BCUT2D eigenvalue weighted by molar-refractivity contribution is 14.1. The molecule has 5 heteroatoms. The summed E-state index contributed by atoms with van der Waals surface area (Å²) in [6.45, 7) is 2.77. The van der Waals surface area contributed by atoms with Crippen LogP contribution in [0.5, 0.6) is 11.5 Å². The van der Waals surface area contributed by atoms with Crippen LogP contribution in [0.25, 0.3) is 16.8 Å². The van der Waals surface area contributed by atoms with Gasteiger partial charge in [0.1, 0.15) is 6.61 Å². The third-order valence-corrected chi connectivity index (χ3v) is 6.60. The second-order valence-corrected chi connectivity index (χ2v) is 9.11. The zero-order valence-electron chi connectivity index (χ0n) is 18.5. The number of benzene rings is 4. The van der Waals surface area contributed by atoms with Crippen LogP contribution >= 0.6 is 22.6 Å². The van der Waals surface area contributed by atoms with E-state index >= 15 is 0 Å². The van der Waals surface area contributed by atoms with Gasteiger partial charge in [0.25, 0.3) is 0 Å². The minimum absolute atomic E-state index is 0.170. The van der Waals surface area contributed by atoms with Crippen molar-refractivity contribution in [1.29, 1.82) is 0 Å². The third kappa shape index (κ3) is 4.12. The van der Waals surface area contributed by atoms with Gasteiger partial charge >= 0.3 is 0 Å². The average molecular weight is 560 g/mol. The lowest BCUT2D eigenvalue weighted by atomic mass is 10.1. The number of hydrogen-bond acceptors (Lipinski definition) is 4. The maximum atomic E-state index is 12.8. The summed E-state index contributed by atoms with van der Waals surface area (Å²) in [4.78, 5) is 25.6. The molecule has 0 aliphatic heterocycles. The van der Waals surface area contributed by atoms with Crippen molar-refractivity contribution >= 4 is 51.0 Å². The van der Waals surface area contributed by atoms with E-state index in [1.54, 1.807) is 30.3 Å². The molecule has 4 nitrogen and oxygen atoms in total. The first-order chi connectivity index (χ1) is 16.6. The second-order valence-electron chi connectivity index (χ2n) is 7.95. The highest BCUT2D eigenvalue weighted by Gasteiger charge is 2.32. The molecule has 0 spiro atoms. The largest absolute Gasteiger partial charge is 0.490 e. The van der Waals surface area contributed by atoms with Gasteiger partial charge in [-0.15, -0.1) is 0 Å². The third-order valence-electron chi connectivity index (χ3n) is 5.80. The van der Waals surface area contributed by atoms with Crippen molar-refractivity contribution in [2.45, 2.75) is 13.5 Å². The van der Waals surface area contributed by atoms with Crippen molar-refractivity contribution in [3.63, 3.8) is 0 Å². The summed E-state index contributed by atoms with van der Waals surface area (Å²) in [6.07, 6.45) is 1.64. The molecule has 4 aromatic rings. The van der Waals surface area contributed by atoms with E-state index in [-0.39, 0.29) is 17.1 Å². The molecule has 168 valence electrons. The maximum Gasteiger partial charge on any atom is 0.197 e. The van der Waals surface area contributed by atoms with E-state index < -0.39 is 0 Å². The predicted octanol–water partition coefficient (Wildman–Crippen LogP) is 6.88. The van der Waals surface area contributed by atoms with E-state index in [1.807, 2.05) is 37.3 Å². The molecule has 0 bridgehead atoms. The number of carbonyl (C=O) groups excluding carboxylic acids is 2. The summed E-state index contributed by atoms with van der Waals surface area (Å²) in [5.41, 5.74) is 2.88. The fourth-order valence-corrected chi connectivity index (χ4v) is 4.99. The molecule has 0 N–H and O–H groups in total. The Labute approximate surface area is 211 Å². The number of carbonyl (C=O) groups is 2. The van der Waals surface area contributed by atoms with Crippen LogP contribution in [0.3, 0.4) is 0 Å². The lowest BCUT2D eigenvalue weighted by molar-refractivity contribution is 0.0990. The molecule has 0 radical (unpaired) electrons. The Morgan fingerprint density at radius 2 is 1.50 bits per heavy atom. The average Bonchev–Trinajstić information content (AvgIpc) is 3.09. The van der Waals surface area contributed by atoms with Crippen LogP contribution in [-0.4, -0.2) is 18.2 Å². The van der Waals surface area contributed by atoms with Crippen LogP contribution in [0, 0.1) is 3.57 Å². The van der Waals surface area contributed by atoms with Gasteiger partial charge in [0, 0.05) is 11.1 Å². The summed E-state index contributed by atoms with van der Waals surface area (Å²) in [7, 11) is 0. The van der Waals surface area contributed by atoms with Gasteiger partial charge in [0.05, 0.1) is 15.8 Å². The van der Waals surface area contributed by atoms with Crippen LogP contribution in [0.1, 0.15) is 38.8 Å². The predicted molar refractivity (Wildman–Crippen MR) is 142 cm³/mol. The van der Waals surface area contributed by atoms with Crippen molar-refractivity contribution in [2.75, 3.05) is 6.61 Å². The quantitative estimate of drug-likeness (QED) is 0.147. The highest BCUT2D eigenvalue weighted by Crippen LogP contribution is 2.37. The Kier molecular flexibility index (Phi) is 6.20. The molecule has 5 rings (SSSR count). The number of allylic oxidation sites excluding steroid dienone is 1. The molecule has 34 heavy (non-hydrogen) atoms. The van der Waals surface area contributed by atoms with Gasteiger partial charge in [0.15, 0.2) is 23.1 Å². The van der Waals surface area contributed by atoms with Gasteiger partial charge in [-0.1, -0.05) is 66.7 Å². The van der Waals surface area contributed by atoms with E-state index in [1.165, 1.54) is 0 Å². The Morgan fingerprint density at radius 1 is 0.824 bits per heavy atom. The molecule has 0 aromatic heterocycles. The monoisotopic (exact) mass is 560 g/mol. The van der Waals surface area contributed by atoms with Gasteiger partial charge < -0.3 is 9.47 Å². The first-order valence-electron chi connectivity index (χ1n) is 11.0. The Hall–Kier alpha value is -3.45. The lowest BCUT2D eigenvalue weighted by Gasteiger charge is -2.16. The van der Waals surface area contributed by atoms with Crippen LogP contribution in [0.2, 0.25) is 0 Å². The number of ether oxygens (including phenoxy) is 2. The maximum absolute atomic E-state index is 12.8. The Morgan fingerprint density at radius 3 is 2.24 bits per heavy atom. The number of halogens is 1. The van der Waals surface area contributed by atoms with Crippen molar-refractivity contribution in [2.24, 2.45) is 0 Å². The molecule has 0 fully saturated rings. The molecule has 4 aromatic carbocycles. The van der Waals surface area contributed by atoms with E-state index in [9.17, 15) is 9.59 Å². The Bertz CT molecular complexity index is 1430. The normalized spacial score (nSPS) is 12.7. The topological polar surface area (TPSA) is 52.6 Å². The van der Waals surface area contributed by atoms with Gasteiger partial charge in [-0.2, -0.15) is 0 Å². The van der Waals surface area contributed by atoms with Crippen LogP contribution < -0.4 is 9.47 Å². The Balaban J connectivity index is 1.47. The standard InChI is InChI=1S/C29H21IO4/c1-2-33-26-16-18(14-24-27(31)22-12-5-6-13-23(22)28(24)32)15-25(30)29(26)34-17-20-10-7-9-19-8-3-4-11-21(19)20/h3-16H,2,17H2,1H3. The minimum atomic E-state index is -0.246. The fourth-order valence-electron chi connectivity index (χ4n) is 4.21. The van der Waals surface area contributed by atoms with Gasteiger partial charge in [0.2, 0.25) is 0 Å². The molecule has 0 unspecified atom stereocenters. The van der Waals surface area contributed by atoms with E-state index in [4.69, 9.17) is 9.47 Å². The number of fused-ring (bicyclic) bond motifs is 2. The van der Waals surface area contributed by atoms with Crippen molar-refractivity contribution < 1.29 is 19.1 Å². The summed E-state index contributed by atoms with van der Waals surface area (Å²) in [5, 5.41) is 2.31. The van der Waals surface area contributed by atoms with E-state index in [0.717, 1.165) is 25.5 Å². The van der Waals surface area contributed by atoms with Crippen molar-refractivity contribution in [3.8, 4) is 11.5 Å². The smallest absolute Gasteiger partial charge is 0.197 e. The number of ketones is 2. The van der Waals surface area contributed by atoms with E-state index in [2.05, 4.69) is 46.9 Å². The molecule has 1 aliphatic rings. The summed E-state index contributed by atoms with van der Waals surface area (Å²) in [6, 6.07) is 25.0. The number of Topliss-reactive ketones (excluding diaryl/α,β-unsaturated/α-hetero) is 2. The van der Waals surface area contributed by atoms with Gasteiger partial charge in [-0.25, -0.2) is 0 Å². The molecule has 0 atom stereocenters.